The zero-order chi connectivity index (χ0) is 17.2. The van der Waals surface area contributed by atoms with Gasteiger partial charge in [0.1, 0.15) is 5.75 Å². The molecule has 0 saturated carbocycles. The molecule has 6 heteroatoms. The highest BCUT2D eigenvalue weighted by Crippen LogP contribution is 2.31. The molecule has 0 fully saturated rings. The Bertz CT molecular complexity index is 918. The molecule has 0 atom stereocenters. The van der Waals surface area contributed by atoms with E-state index < -0.39 is 0 Å². The van der Waals surface area contributed by atoms with Crippen LogP contribution in [0, 0.1) is 0 Å². The number of fused-ring (bicyclic) bond motifs is 1. The van der Waals surface area contributed by atoms with E-state index >= 15 is 0 Å². The van der Waals surface area contributed by atoms with Gasteiger partial charge in [-0.3, -0.25) is 9.48 Å². The van der Waals surface area contributed by atoms with Crippen molar-refractivity contribution in [2.24, 2.45) is 7.05 Å². The zero-order valence-corrected chi connectivity index (χ0v) is 13.8. The Morgan fingerprint density at radius 3 is 2.92 bits per heavy atom. The molecule has 3 aromatic rings. The Hall–Kier alpha value is -3.28. The van der Waals surface area contributed by atoms with Crippen molar-refractivity contribution in [3.63, 3.8) is 0 Å². The van der Waals surface area contributed by atoms with Gasteiger partial charge in [-0.1, -0.05) is 30.3 Å². The quantitative estimate of drug-likeness (QED) is 0.769. The van der Waals surface area contributed by atoms with E-state index in [1.54, 1.807) is 0 Å². The third-order valence-electron chi connectivity index (χ3n) is 4.05. The minimum Gasteiger partial charge on any atom is -0.482 e. The minimum atomic E-state index is -0.129. The average molecular weight is 334 g/mol. The molecule has 0 aliphatic carbocycles. The largest absolute Gasteiger partial charge is 0.482 e. The number of carbonyl (C=O) groups excluding carboxylic acids is 1. The molecule has 2 aromatic carbocycles. The summed E-state index contributed by atoms with van der Waals surface area (Å²) in [5.41, 5.74) is 4.81. The van der Waals surface area contributed by atoms with Gasteiger partial charge in [-0.2, -0.15) is 5.10 Å². The molecule has 1 aliphatic rings. The van der Waals surface area contributed by atoms with Crippen molar-refractivity contribution in [1.82, 2.24) is 9.78 Å². The summed E-state index contributed by atoms with van der Waals surface area (Å²) in [6.07, 6.45) is 2.02. The minimum absolute atomic E-state index is 0.0528. The van der Waals surface area contributed by atoms with Crippen LogP contribution < -0.4 is 15.4 Å². The van der Waals surface area contributed by atoms with E-state index in [1.807, 2.05) is 54.3 Å². The van der Waals surface area contributed by atoms with E-state index in [4.69, 9.17) is 4.74 Å². The molecule has 0 radical (unpaired) electrons. The highest BCUT2D eigenvalue weighted by Gasteiger charge is 2.16. The number of rotatable bonds is 4. The van der Waals surface area contributed by atoms with Crippen LogP contribution in [0.25, 0.3) is 11.3 Å². The number of aryl methyl sites for hydroxylation is 1. The van der Waals surface area contributed by atoms with Gasteiger partial charge in [0.05, 0.1) is 11.4 Å². The highest BCUT2D eigenvalue weighted by molar-refractivity contribution is 5.95. The smallest absolute Gasteiger partial charge is 0.262 e. The number of anilines is 2. The first-order chi connectivity index (χ1) is 12.2. The number of nitrogens with zero attached hydrogens (tertiary/aromatic N) is 2. The van der Waals surface area contributed by atoms with Gasteiger partial charge in [0, 0.05) is 42.7 Å². The number of benzene rings is 2. The summed E-state index contributed by atoms with van der Waals surface area (Å²) in [6, 6.07) is 15.8. The average Bonchev–Trinajstić information content (AvgIpc) is 3.01. The van der Waals surface area contributed by atoms with Crippen LogP contribution in [0.3, 0.4) is 0 Å². The van der Waals surface area contributed by atoms with Crippen LogP contribution in [0.1, 0.15) is 5.56 Å². The molecule has 1 amide bonds. The fourth-order valence-corrected chi connectivity index (χ4v) is 2.89. The lowest BCUT2D eigenvalue weighted by Gasteiger charge is -2.18. The molecule has 6 nitrogen and oxygen atoms in total. The first-order valence-electron chi connectivity index (χ1n) is 8.07. The number of carbonyl (C=O) groups is 1. The molecule has 1 aliphatic heterocycles. The van der Waals surface area contributed by atoms with Crippen LogP contribution >= 0.6 is 0 Å². The van der Waals surface area contributed by atoms with Gasteiger partial charge in [0.25, 0.3) is 5.91 Å². The first-order valence-corrected chi connectivity index (χ1v) is 8.07. The van der Waals surface area contributed by atoms with Crippen molar-refractivity contribution in [3.05, 3.63) is 60.3 Å². The summed E-state index contributed by atoms with van der Waals surface area (Å²) in [4.78, 5) is 11.3. The monoisotopic (exact) mass is 334 g/mol. The summed E-state index contributed by atoms with van der Waals surface area (Å²) < 4.78 is 7.28. The highest BCUT2D eigenvalue weighted by atomic mass is 16.5. The first kappa shape index (κ1) is 15.3. The van der Waals surface area contributed by atoms with Gasteiger partial charge in [0.15, 0.2) is 6.61 Å². The molecule has 0 saturated heterocycles. The standard InChI is InChI=1S/C19H18N4O2/c1-23-11-14(19(22-23)13-5-3-2-4-6-13)10-20-15-7-8-16-17(9-15)25-12-18(24)21-16/h2-9,11,20H,10,12H2,1H3,(H,21,24). The second kappa shape index (κ2) is 6.32. The van der Waals surface area contributed by atoms with Crippen LogP contribution in [-0.4, -0.2) is 22.3 Å². The maximum absolute atomic E-state index is 11.3. The Kier molecular flexibility index (Phi) is 3.85. The summed E-state index contributed by atoms with van der Waals surface area (Å²) in [5, 5.41) is 10.8. The number of hydrogen-bond donors (Lipinski definition) is 2. The SMILES string of the molecule is Cn1cc(CNc2ccc3c(c2)OCC(=O)N3)c(-c2ccccc2)n1. The van der Waals surface area contributed by atoms with Gasteiger partial charge in [-0.25, -0.2) is 0 Å². The zero-order valence-electron chi connectivity index (χ0n) is 13.8. The third kappa shape index (κ3) is 3.19. The molecule has 25 heavy (non-hydrogen) atoms. The Morgan fingerprint density at radius 1 is 1.24 bits per heavy atom. The molecular formula is C19H18N4O2. The second-order valence-electron chi connectivity index (χ2n) is 5.94. The lowest BCUT2D eigenvalue weighted by Crippen LogP contribution is -2.25. The van der Waals surface area contributed by atoms with Crippen molar-refractivity contribution >= 4 is 17.3 Å². The van der Waals surface area contributed by atoms with E-state index in [0.717, 1.165) is 22.5 Å². The second-order valence-corrected chi connectivity index (χ2v) is 5.94. The maximum atomic E-state index is 11.3. The third-order valence-corrected chi connectivity index (χ3v) is 4.05. The Labute approximate surface area is 145 Å². The van der Waals surface area contributed by atoms with E-state index in [9.17, 15) is 4.79 Å². The number of aromatic nitrogens is 2. The van der Waals surface area contributed by atoms with E-state index in [1.165, 1.54) is 0 Å². The predicted molar refractivity (Wildman–Crippen MR) is 96.5 cm³/mol. The van der Waals surface area contributed by atoms with Gasteiger partial charge >= 0.3 is 0 Å². The predicted octanol–water partition coefficient (Wildman–Crippen LogP) is 3.03. The molecule has 0 spiro atoms. The lowest BCUT2D eigenvalue weighted by atomic mass is 10.1. The van der Waals surface area contributed by atoms with E-state index in [0.29, 0.717) is 18.0 Å². The van der Waals surface area contributed by atoms with Gasteiger partial charge in [-0.05, 0) is 12.1 Å². The summed E-state index contributed by atoms with van der Waals surface area (Å²) >= 11 is 0. The summed E-state index contributed by atoms with van der Waals surface area (Å²) in [5.74, 6) is 0.551. The van der Waals surface area contributed by atoms with Gasteiger partial charge in [0.2, 0.25) is 0 Å². The molecular weight excluding hydrogens is 316 g/mol. The van der Waals surface area contributed by atoms with Crippen LogP contribution in [0.2, 0.25) is 0 Å². The van der Waals surface area contributed by atoms with Crippen molar-refractivity contribution in [1.29, 1.82) is 0 Å². The number of amides is 1. The van der Waals surface area contributed by atoms with Crippen LogP contribution in [0.4, 0.5) is 11.4 Å². The number of hydrogen-bond acceptors (Lipinski definition) is 4. The van der Waals surface area contributed by atoms with Gasteiger partial charge in [-0.15, -0.1) is 0 Å². The molecule has 0 bridgehead atoms. The lowest BCUT2D eigenvalue weighted by molar-refractivity contribution is -0.118. The molecule has 4 rings (SSSR count). The van der Waals surface area contributed by atoms with E-state index in [-0.39, 0.29) is 12.5 Å². The van der Waals surface area contributed by atoms with Crippen LogP contribution in [0.5, 0.6) is 5.75 Å². The topological polar surface area (TPSA) is 68.2 Å². The molecule has 1 aromatic heterocycles. The molecule has 0 unspecified atom stereocenters. The van der Waals surface area contributed by atoms with Crippen LogP contribution in [-0.2, 0) is 18.4 Å². The number of nitrogens with one attached hydrogen (secondary N) is 2. The normalized spacial score (nSPS) is 12.9. The fraction of sp³-hybridized carbons (Fsp3) is 0.158. The fourth-order valence-electron chi connectivity index (χ4n) is 2.89. The maximum Gasteiger partial charge on any atom is 0.262 e. The van der Waals surface area contributed by atoms with Crippen LogP contribution in [0.15, 0.2) is 54.7 Å². The van der Waals surface area contributed by atoms with Crippen molar-refractivity contribution in [3.8, 4) is 17.0 Å². The Balaban J connectivity index is 1.54. The van der Waals surface area contributed by atoms with Crippen molar-refractivity contribution in [2.75, 3.05) is 17.2 Å². The van der Waals surface area contributed by atoms with E-state index in [2.05, 4.69) is 27.9 Å². The van der Waals surface area contributed by atoms with Crippen molar-refractivity contribution in [2.45, 2.75) is 6.54 Å². The van der Waals surface area contributed by atoms with Crippen molar-refractivity contribution < 1.29 is 9.53 Å². The number of ether oxygens (including phenoxy) is 1. The summed E-state index contributed by atoms with van der Waals surface area (Å²) in [7, 11) is 1.92. The molecule has 2 heterocycles. The molecule has 126 valence electrons. The Morgan fingerprint density at radius 2 is 2.08 bits per heavy atom. The van der Waals surface area contributed by atoms with Gasteiger partial charge < -0.3 is 15.4 Å². The molecule has 2 N–H and O–H groups in total. The summed E-state index contributed by atoms with van der Waals surface area (Å²) in [6.45, 7) is 0.695.